The first-order valence-corrected chi connectivity index (χ1v) is 39.7. The molecule has 12 rings (SSSR count). The number of aryl methyl sites for hydroxylation is 7. The summed E-state index contributed by atoms with van der Waals surface area (Å²) in [6.07, 6.45) is -1.97. The summed E-state index contributed by atoms with van der Waals surface area (Å²) >= 11 is 0. The first-order chi connectivity index (χ1) is 63.0. The standard InChI is InChI=1S/C24H22F3N3O5.C24H25N3O6.C23H23N3O6.C22H19F2N3O6.8Na/c1-30-10-9-19(31)21(22(30)34)29-23(35)28-18(13-20(32)33)16-7-4-5-14(12-16)11-15-6-2-3-8-17(15)24(25,26)27;1-14-6-4-7-15(2)22(14)33-17-9-5-8-16(12-17)18(13-20(29)30)25-24(32)26-21-19(28)10-11-27(3)23(21)31;1-14-6-8-16(9-7-14)32-17-5-3-4-15(12-17)18(13-20(28)29)24-23(31)25-21-19(27)10-11-26(2)22(21)30;1-27-8-7-17(28)20(21(27)31)26-22(32)25-16(11-19(29)30)12-3-2-4-14(9-12)33-18-6-5-13(23)10-15(18)24;;;;;;;;/h2-10,12,18,31H,11,13H2,1H3,(H,32,33)(H2,28,29,35);4-12,18,28H,13H2,1-3H3,(H,29,30)(H2,25,26,32);3-12,18,27H,13H2,1-2H3,(H,28,29)(H2,24,25,31);2-10,16,28H,11H2,1H3,(H,29,30)(H2,25,26,32);;;;;;;;/q;;;;8*+1/p-8/t3*18-;16-;;;;;;;;/m0000......../s1. The minimum Gasteiger partial charge on any atom is -0.871 e. The monoisotopic (exact) mass is 2010 g/mol. The average Bonchev–Trinajstić information content (AvgIpc) is 0.822. The van der Waals surface area contributed by atoms with E-state index in [4.69, 9.17) is 14.2 Å². The Morgan fingerprint density at radius 3 is 1.00 bits per heavy atom. The molecular formula is C93H81F5N12Na8O23. The molecule has 0 radical (unpaired) electrons. The van der Waals surface area contributed by atoms with Crippen LogP contribution in [0, 0.1) is 32.4 Å². The predicted molar refractivity (Wildman–Crippen MR) is 456 cm³/mol. The van der Waals surface area contributed by atoms with Crippen LogP contribution in [-0.2, 0) is 60.0 Å². The number of carboxylic acid groups (broad SMARTS) is 4. The molecular weight excluding hydrogens is 1930 g/mol. The molecule has 0 fully saturated rings. The van der Waals surface area contributed by atoms with E-state index in [-0.39, 0.29) is 271 Å². The summed E-state index contributed by atoms with van der Waals surface area (Å²) in [6.45, 7) is 5.77. The van der Waals surface area contributed by atoms with Crippen LogP contribution >= 0.6 is 0 Å². The molecule has 694 valence electrons. The number of carboxylic acids is 4. The first-order valence-electron chi connectivity index (χ1n) is 39.7. The number of carbonyl (C=O) groups is 8. The van der Waals surface area contributed by atoms with Gasteiger partial charge in [0, 0.05) is 109 Å². The Bertz CT molecular complexity index is 6590. The summed E-state index contributed by atoms with van der Waals surface area (Å²) in [5, 5.41) is 111. The molecule has 0 aliphatic rings. The molecule has 4 heterocycles. The van der Waals surface area contributed by atoms with Crippen LogP contribution in [0.2, 0.25) is 0 Å². The Balaban J connectivity index is 0.000000923. The number of urea groups is 4. The summed E-state index contributed by atoms with van der Waals surface area (Å²) in [5.41, 5.74) is -0.701. The van der Waals surface area contributed by atoms with Gasteiger partial charge in [0.25, 0.3) is 22.2 Å². The van der Waals surface area contributed by atoms with Crippen molar-refractivity contribution in [3.63, 3.8) is 0 Å². The fraction of sp³-hybridized carbons (Fsp3) is 0.183. The van der Waals surface area contributed by atoms with E-state index in [2.05, 4.69) is 42.5 Å². The number of alkyl halides is 3. The van der Waals surface area contributed by atoms with Gasteiger partial charge in [0.2, 0.25) is 0 Å². The van der Waals surface area contributed by atoms with E-state index in [9.17, 15) is 120 Å². The summed E-state index contributed by atoms with van der Waals surface area (Å²) < 4.78 is 88.6. The van der Waals surface area contributed by atoms with Crippen LogP contribution in [0.15, 0.2) is 250 Å². The number of hydrogen-bond acceptors (Lipinski definition) is 23. The van der Waals surface area contributed by atoms with Crippen LogP contribution in [0.4, 0.5) is 63.9 Å². The fourth-order valence-corrected chi connectivity index (χ4v) is 12.8. The van der Waals surface area contributed by atoms with Crippen LogP contribution in [0.25, 0.3) is 0 Å². The zero-order valence-electron chi connectivity index (χ0n) is 79.4. The number of para-hydroxylation sites is 1. The van der Waals surface area contributed by atoms with Crippen molar-refractivity contribution in [2.75, 3.05) is 21.3 Å². The van der Waals surface area contributed by atoms with Crippen LogP contribution in [-0.4, -0.2) is 66.3 Å². The number of aliphatic carboxylic acids is 4. The van der Waals surface area contributed by atoms with Crippen molar-refractivity contribution in [3.8, 4) is 57.5 Å². The SMILES string of the molecule is Cc1ccc(Oc2cccc([C@H](CC(=O)[O-])NC(=O)Nc3c([O-])ccn(C)c3=O)c2)cc1.Cc1cccc(C)c1Oc1cccc([C@H](CC(=O)[O-])NC(=O)Nc2c([O-])ccn(C)c2=O)c1.Cn1ccc([O-])c(NC(=O)N[C@@H](CC(=O)[O-])c2cccc(Cc3ccccc3C(F)(F)F)c2)c1=O.Cn1ccc([O-])c(NC(=O)N[C@@H](CC(=O)[O-])c2cccc(Oc3ccc(F)cc3F)c2)c1=O.[Na+].[Na+].[Na+].[Na+].[Na+].[Na+].[Na+].[Na+]. The van der Waals surface area contributed by atoms with Crippen molar-refractivity contribution in [1.82, 2.24) is 39.5 Å². The van der Waals surface area contributed by atoms with Crippen LogP contribution < -0.4 is 356 Å². The van der Waals surface area contributed by atoms with Crippen molar-refractivity contribution < 1.29 is 352 Å². The van der Waals surface area contributed by atoms with Crippen molar-refractivity contribution >= 4 is 70.8 Å². The molecule has 4 atom stereocenters. The van der Waals surface area contributed by atoms with Gasteiger partial charge in [0.15, 0.2) is 11.6 Å². The number of nitrogens with one attached hydrogen (secondary N) is 8. The van der Waals surface area contributed by atoms with E-state index in [1.807, 2.05) is 51.1 Å². The van der Waals surface area contributed by atoms with Gasteiger partial charge < -0.3 is 135 Å². The van der Waals surface area contributed by atoms with E-state index in [0.717, 1.165) is 77.4 Å². The number of anilines is 4. The number of nitrogens with zero attached hydrogens (tertiary/aromatic N) is 4. The van der Waals surface area contributed by atoms with Gasteiger partial charge in [-0.25, -0.2) is 28.0 Å². The van der Waals surface area contributed by atoms with Crippen molar-refractivity contribution in [3.05, 3.63) is 340 Å². The molecule has 35 nitrogen and oxygen atoms in total. The molecule has 0 aliphatic heterocycles. The van der Waals surface area contributed by atoms with Crippen molar-refractivity contribution in [2.45, 2.75) is 83.2 Å². The van der Waals surface area contributed by atoms with Crippen LogP contribution in [0.3, 0.4) is 0 Å². The second kappa shape index (κ2) is 61.8. The topological polar surface area (TPSA) is 533 Å². The molecule has 0 unspecified atom stereocenters. The molecule has 0 saturated heterocycles. The van der Waals surface area contributed by atoms with Crippen LogP contribution in [0.5, 0.6) is 57.5 Å². The minimum atomic E-state index is -4.54. The van der Waals surface area contributed by atoms with Gasteiger partial charge in [-0.3, -0.25) is 19.2 Å². The third-order valence-corrected chi connectivity index (χ3v) is 19.4. The second-order valence-corrected chi connectivity index (χ2v) is 29.5. The van der Waals surface area contributed by atoms with Gasteiger partial charge in [-0.15, -0.1) is 0 Å². The van der Waals surface area contributed by atoms with Crippen molar-refractivity contribution in [2.24, 2.45) is 28.2 Å². The molecule has 0 spiro atoms. The predicted octanol–water partition coefficient (Wildman–Crippen LogP) is -16.9. The Labute approximate surface area is 979 Å². The number of carbonyl (C=O) groups excluding carboxylic acids is 8. The van der Waals surface area contributed by atoms with Gasteiger partial charge in [-0.1, -0.05) is 162 Å². The van der Waals surface area contributed by atoms with Crippen molar-refractivity contribution in [1.29, 1.82) is 0 Å². The number of rotatable bonds is 28. The zero-order chi connectivity index (χ0) is 97.2. The maximum atomic E-state index is 13.9. The van der Waals surface area contributed by atoms with E-state index in [1.165, 1.54) is 114 Å². The molecule has 141 heavy (non-hydrogen) atoms. The fourth-order valence-electron chi connectivity index (χ4n) is 12.8. The van der Waals surface area contributed by atoms with E-state index >= 15 is 0 Å². The number of hydrogen-bond donors (Lipinski definition) is 8. The molecule has 8 amide bonds. The summed E-state index contributed by atoms with van der Waals surface area (Å²) in [5.74, 6) is -8.27. The summed E-state index contributed by atoms with van der Waals surface area (Å²) in [7, 11) is 5.64. The molecule has 8 aromatic carbocycles. The maximum Gasteiger partial charge on any atom is 1.00 e. The zero-order valence-corrected chi connectivity index (χ0v) is 95.4. The normalized spacial score (nSPS) is 11.0. The average molecular weight is 2010 g/mol. The molecule has 8 N–H and O–H groups in total. The Morgan fingerprint density at radius 2 is 0.667 bits per heavy atom. The van der Waals surface area contributed by atoms with Gasteiger partial charge >= 0.3 is 267 Å². The quantitative estimate of drug-likeness (QED) is 0.0167. The van der Waals surface area contributed by atoms with Gasteiger partial charge in [0.1, 0.15) is 57.3 Å². The first kappa shape index (κ1) is 130. The third-order valence-electron chi connectivity index (χ3n) is 19.4. The molecule has 4 aromatic heterocycles. The van der Waals surface area contributed by atoms with Gasteiger partial charge in [-0.2, -0.15) is 13.2 Å². The maximum absolute atomic E-state index is 13.9. The number of ether oxygens (including phenoxy) is 3. The smallest absolute Gasteiger partial charge is 0.871 e. The van der Waals surface area contributed by atoms with Crippen LogP contribution in [0.1, 0.15) is 105 Å². The minimum absolute atomic E-state index is 0. The number of benzene rings is 8. The molecule has 0 bridgehead atoms. The molecule has 12 aromatic rings. The summed E-state index contributed by atoms with van der Waals surface area (Å²) in [6, 6.07) is 42.3. The second-order valence-electron chi connectivity index (χ2n) is 29.5. The number of halogens is 5. The Morgan fingerprint density at radius 1 is 0.355 bits per heavy atom. The Kier molecular flexibility index (Phi) is 56.9. The molecule has 0 aliphatic carbocycles. The number of amides is 8. The number of aromatic nitrogens is 4. The largest absolute Gasteiger partial charge is 1.00 e. The summed E-state index contributed by atoms with van der Waals surface area (Å²) in [4.78, 5) is 143. The van der Waals surface area contributed by atoms with E-state index in [1.54, 1.807) is 66.7 Å². The third kappa shape index (κ3) is 40.0. The molecule has 48 heteroatoms. The molecule has 0 saturated carbocycles. The van der Waals surface area contributed by atoms with E-state index < -0.39 is 189 Å². The van der Waals surface area contributed by atoms with Gasteiger partial charge in [-0.05, 0) is 138 Å². The van der Waals surface area contributed by atoms with E-state index in [0.29, 0.717) is 45.8 Å². The van der Waals surface area contributed by atoms with Gasteiger partial charge in [0.05, 0.1) is 29.7 Å². The Hall–Kier alpha value is -9.23. The number of pyridine rings is 4.